The quantitative estimate of drug-likeness (QED) is 0.583. The maximum atomic E-state index is 12.9. The molecule has 5 nitrogen and oxygen atoms in total. The molecule has 3 rings (SSSR count). The van der Waals surface area contributed by atoms with Crippen molar-refractivity contribution in [1.29, 1.82) is 0 Å². The number of nitrogens with one attached hydrogen (secondary N) is 3. The molecule has 2 aromatic rings. The minimum Gasteiger partial charge on any atom is -0.319 e. The number of nitrogens with zero attached hydrogens (tertiary/aromatic N) is 1. The molecule has 1 atom stereocenters. The van der Waals surface area contributed by atoms with Crippen molar-refractivity contribution >= 4 is 28.9 Å². The first-order valence-corrected chi connectivity index (χ1v) is 7.47. The minimum atomic E-state index is -0.508. The lowest BCUT2D eigenvalue weighted by Gasteiger charge is -2.17. The molecule has 0 aliphatic carbocycles. The van der Waals surface area contributed by atoms with Gasteiger partial charge in [0.15, 0.2) is 0 Å². The monoisotopic (exact) mass is 330 g/mol. The molecule has 0 radical (unpaired) electrons. The highest BCUT2D eigenvalue weighted by Gasteiger charge is 2.34. The van der Waals surface area contributed by atoms with Crippen LogP contribution in [0.5, 0.6) is 0 Å². The normalized spacial score (nSPS) is 17.3. The number of carbonyl (C=O) groups is 1. The summed E-state index contributed by atoms with van der Waals surface area (Å²) in [5.41, 5.74) is 7.50. The van der Waals surface area contributed by atoms with E-state index in [2.05, 4.69) is 16.2 Å². The molecule has 0 aromatic heterocycles. The number of benzene rings is 2. The van der Waals surface area contributed by atoms with E-state index in [1.165, 1.54) is 17.0 Å². The van der Waals surface area contributed by atoms with Gasteiger partial charge in [-0.2, -0.15) is 0 Å². The zero-order valence-corrected chi connectivity index (χ0v) is 12.9. The molecule has 2 aromatic carbocycles. The van der Waals surface area contributed by atoms with Crippen LogP contribution in [0.4, 0.5) is 14.9 Å². The Balaban J connectivity index is 1.60. The molecule has 3 N–H and O–H groups in total. The molecule has 23 heavy (non-hydrogen) atoms. The third kappa shape index (κ3) is 3.64. The van der Waals surface area contributed by atoms with Crippen molar-refractivity contribution in [3.63, 3.8) is 0 Å². The van der Waals surface area contributed by atoms with Gasteiger partial charge in [-0.15, -0.1) is 0 Å². The highest BCUT2D eigenvalue weighted by Crippen LogP contribution is 2.13. The first-order chi connectivity index (χ1) is 11.1. The molecule has 2 amide bonds. The molecule has 0 spiro atoms. The Bertz CT molecular complexity index is 708. The maximum absolute atomic E-state index is 12.9. The van der Waals surface area contributed by atoms with E-state index in [9.17, 15) is 9.18 Å². The Labute approximate surface area is 138 Å². The van der Waals surface area contributed by atoms with Crippen molar-refractivity contribution in [3.8, 4) is 0 Å². The van der Waals surface area contributed by atoms with Crippen LogP contribution < -0.4 is 16.2 Å². The summed E-state index contributed by atoms with van der Waals surface area (Å²) in [6.45, 7) is 0.417. The van der Waals surface area contributed by atoms with E-state index in [4.69, 9.17) is 12.2 Å². The van der Waals surface area contributed by atoms with Crippen LogP contribution in [0.15, 0.2) is 54.6 Å². The first kappa shape index (κ1) is 15.4. The topological polar surface area (TPSA) is 56.4 Å². The standard InChI is InChI=1S/C16H15FN4OS/c17-12-6-8-13(9-7-12)19-20-14-15(23)21(16(22)18-14)10-11-4-2-1-3-5-11/h1-9,14,19-20H,10H2,(H,18,22). The largest absolute Gasteiger partial charge is 0.324 e. The summed E-state index contributed by atoms with van der Waals surface area (Å²) in [4.78, 5) is 14.0. The average Bonchev–Trinajstić information content (AvgIpc) is 2.83. The third-order valence-corrected chi connectivity index (χ3v) is 3.87. The molecule has 0 bridgehead atoms. The summed E-state index contributed by atoms with van der Waals surface area (Å²) < 4.78 is 12.9. The molecule has 1 aliphatic heterocycles. The van der Waals surface area contributed by atoms with Crippen LogP contribution in [-0.4, -0.2) is 22.1 Å². The van der Waals surface area contributed by atoms with Crippen molar-refractivity contribution in [3.05, 3.63) is 66.0 Å². The lowest BCUT2D eigenvalue weighted by atomic mass is 10.2. The van der Waals surface area contributed by atoms with Gasteiger partial charge in [-0.05, 0) is 29.8 Å². The second-order valence-corrected chi connectivity index (χ2v) is 5.49. The highest BCUT2D eigenvalue weighted by molar-refractivity contribution is 7.80. The van der Waals surface area contributed by atoms with E-state index in [-0.39, 0.29) is 11.8 Å². The predicted octanol–water partition coefficient (Wildman–Crippen LogP) is 2.62. The lowest BCUT2D eigenvalue weighted by Crippen LogP contribution is -2.45. The van der Waals surface area contributed by atoms with Crippen molar-refractivity contribution in [2.75, 3.05) is 5.43 Å². The number of carbonyl (C=O) groups excluding carboxylic acids is 1. The summed E-state index contributed by atoms with van der Waals surface area (Å²) in [5.74, 6) is -0.311. The van der Waals surface area contributed by atoms with Gasteiger partial charge in [0.2, 0.25) is 0 Å². The molecule has 1 unspecified atom stereocenters. The fourth-order valence-corrected chi connectivity index (χ4v) is 2.49. The van der Waals surface area contributed by atoms with Gasteiger partial charge >= 0.3 is 6.03 Å². The van der Waals surface area contributed by atoms with Gasteiger partial charge in [-0.3, -0.25) is 4.90 Å². The minimum absolute atomic E-state index is 0.253. The molecule has 7 heteroatoms. The Morgan fingerprint density at radius 1 is 1.13 bits per heavy atom. The van der Waals surface area contributed by atoms with Crippen LogP contribution >= 0.6 is 12.2 Å². The van der Waals surface area contributed by atoms with Gasteiger partial charge < -0.3 is 10.7 Å². The van der Waals surface area contributed by atoms with E-state index in [0.29, 0.717) is 17.2 Å². The average molecular weight is 330 g/mol. The Morgan fingerprint density at radius 3 is 2.52 bits per heavy atom. The van der Waals surface area contributed by atoms with Crippen LogP contribution in [0.1, 0.15) is 5.56 Å². The van der Waals surface area contributed by atoms with Gasteiger partial charge in [0.05, 0.1) is 6.54 Å². The summed E-state index contributed by atoms with van der Waals surface area (Å²) in [5, 5.41) is 2.75. The van der Waals surface area contributed by atoms with Gasteiger partial charge in [0, 0.05) is 5.69 Å². The number of urea groups is 1. The lowest BCUT2D eigenvalue weighted by molar-refractivity contribution is 0.226. The van der Waals surface area contributed by atoms with Crippen LogP contribution in [0.25, 0.3) is 0 Å². The van der Waals surface area contributed by atoms with Gasteiger partial charge in [-0.25, -0.2) is 14.6 Å². The molecule has 1 aliphatic rings. The van der Waals surface area contributed by atoms with E-state index < -0.39 is 6.17 Å². The summed E-state index contributed by atoms with van der Waals surface area (Å²) >= 11 is 5.35. The Hall–Kier alpha value is -2.51. The van der Waals surface area contributed by atoms with E-state index >= 15 is 0 Å². The first-order valence-electron chi connectivity index (χ1n) is 7.06. The van der Waals surface area contributed by atoms with Crippen LogP contribution in [0.3, 0.4) is 0 Å². The Kier molecular flexibility index (Phi) is 4.50. The second-order valence-electron chi connectivity index (χ2n) is 5.07. The fourth-order valence-electron chi connectivity index (χ4n) is 2.22. The van der Waals surface area contributed by atoms with Gasteiger partial charge in [-0.1, -0.05) is 42.5 Å². The molecule has 1 saturated heterocycles. The van der Waals surface area contributed by atoms with Crippen molar-refractivity contribution in [2.24, 2.45) is 0 Å². The van der Waals surface area contributed by atoms with Gasteiger partial charge in [0.25, 0.3) is 0 Å². The maximum Gasteiger partial charge on any atom is 0.324 e. The zero-order valence-electron chi connectivity index (χ0n) is 12.1. The molecular formula is C16H15FN4OS. The van der Waals surface area contributed by atoms with E-state index in [0.717, 1.165) is 5.56 Å². The van der Waals surface area contributed by atoms with Crippen molar-refractivity contribution in [1.82, 2.24) is 15.6 Å². The predicted molar refractivity (Wildman–Crippen MR) is 90.1 cm³/mol. The van der Waals surface area contributed by atoms with Crippen LogP contribution in [-0.2, 0) is 6.54 Å². The SMILES string of the molecule is O=C1NC(NNc2ccc(F)cc2)C(=S)N1Cc1ccccc1. The molecule has 118 valence electrons. The summed E-state index contributed by atoms with van der Waals surface area (Å²) in [6, 6.07) is 15.2. The van der Waals surface area contributed by atoms with Gasteiger partial charge in [0.1, 0.15) is 17.0 Å². The smallest absolute Gasteiger partial charge is 0.319 e. The molecule has 0 saturated carbocycles. The molecule has 1 heterocycles. The number of halogens is 1. The number of thiocarbonyl (C=S) groups is 1. The zero-order chi connectivity index (χ0) is 16.2. The number of hydrogen-bond acceptors (Lipinski definition) is 4. The molecule has 1 fully saturated rings. The van der Waals surface area contributed by atoms with E-state index in [1.54, 1.807) is 12.1 Å². The Morgan fingerprint density at radius 2 is 1.83 bits per heavy atom. The van der Waals surface area contributed by atoms with Crippen molar-refractivity contribution in [2.45, 2.75) is 12.7 Å². The van der Waals surface area contributed by atoms with E-state index in [1.807, 2.05) is 30.3 Å². The number of rotatable bonds is 5. The third-order valence-electron chi connectivity index (χ3n) is 3.41. The van der Waals surface area contributed by atoms with Crippen molar-refractivity contribution < 1.29 is 9.18 Å². The molecular weight excluding hydrogens is 315 g/mol. The number of anilines is 1. The highest BCUT2D eigenvalue weighted by atomic mass is 32.1. The fraction of sp³-hybridized carbons (Fsp3) is 0.125. The van der Waals surface area contributed by atoms with Crippen LogP contribution in [0.2, 0.25) is 0 Å². The second kappa shape index (κ2) is 6.72. The number of amides is 2. The number of hydrogen-bond donors (Lipinski definition) is 3. The summed E-state index contributed by atoms with van der Waals surface area (Å²) in [6.07, 6.45) is -0.508. The number of hydrazine groups is 1. The summed E-state index contributed by atoms with van der Waals surface area (Å²) in [7, 11) is 0. The van der Waals surface area contributed by atoms with Crippen LogP contribution in [0, 0.1) is 5.82 Å².